The number of fused-ring (bicyclic) bond motifs is 1. The molecule has 1 amide bonds. The highest BCUT2D eigenvalue weighted by Crippen LogP contribution is 2.21. The van der Waals surface area contributed by atoms with Crippen molar-refractivity contribution in [2.75, 3.05) is 11.1 Å². The van der Waals surface area contributed by atoms with Crippen LogP contribution in [0.25, 0.3) is 16.9 Å². The van der Waals surface area contributed by atoms with Crippen molar-refractivity contribution >= 4 is 29.0 Å². The normalized spacial score (nSPS) is 10.9. The highest BCUT2D eigenvalue weighted by Gasteiger charge is 2.12. The molecule has 0 atom stereocenters. The average molecular weight is 397 g/mol. The second-order valence-corrected chi connectivity index (χ2v) is 6.77. The van der Waals surface area contributed by atoms with E-state index in [4.69, 9.17) is 0 Å². The Balaban J connectivity index is 1.50. The molecular formula is C19H13F2N5OS. The van der Waals surface area contributed by atoms with Crippen LogP contribution in [-0.2, 0) is 4.79 Å². The van der Waals surface area contributed by atoms with Gasteiger partial charge >= 0.3 is 0 Å². The number of nitrogens with one attached hydrogen (secondary N) is 1. The fourth-order valence-electron chi connectivity index (χ4n) is 2.53. The number of hydrogen-bond acceptors (Lipinski definition) is 5. The summed E-state index contributed by atoms with van der Waals surface area (Å²) in [6.45, 7) is 0. The van der Waals surface area contributed by atoms with Crippen molar-refractivity contribution in [3.63, 3.8) is 0 Å². The number of rotatable bonds is 5. The second kappa shape index (κ2) is 7.73. The van der Waals surface area contributed by atoms with Gasteiger partial charge in [0.2, 0.25) is 11.1 Å². The maximum Gasteiger partial charge on any atom is 0.234 e. The van der Waals surface area contributed by atoms with Gasteiger partial charge in [0.25, 0.3) is 0 Å². The lowest BCUT2D eigenvalue weighted by Gasteiger charge is -2.05. The largest absolute Gasteiger partial charge is 0.325 e. The first kappa shape index (κ1) is 18.1. The molecule has 4 rings (SSSR count). The third-order valence-electron chi connectivity index (χ3n) is 3.81. The van der Waals surface area contributed by atoms with Gasteiger partial charge in [-0.25, -0.2) is 8.78 Å². The molecule has 0 spiro atoms. The monoisotopic (exact) mass is 397 g/mol. The van der Waals surface area contributed by atoms with Crippen molar-refractivity contribution in [3.8, 4) is 11.3 Å². The Kier molecular flexibility index (Phi) is 4.98. The molecule has 0 fully saturated rings. The first-order valence-electron chi connectivity index (χ1n) is 8.25. The summed E-state index contributed by atoms with van der Waals surface area (Å²) in [5.41, 5.74) is 2.28. The molecule has 0 aliphatic rings. The van der Waals surface area contributed by atoms with E-state index in [1.54, 1.807) is 30.3 Å². The minimum absolute atomic E-state index is 0.0553. The number of carbonyl (C=O) groups is 1. The molecule has 0 radical (unpaired) electrons. The van der Waals surface area contributed by atoms with Crippen LogP contribution >= 0.6 is 11.8 Å². The van der Waals surface area contributed by atoms with Gasteiger partial charge < -0.3 is 5.32 Å². The number of benzene rings is 2. The van der Waals surface area contributed by atoms with Crippen LogP contribution in [0.2, 0.25) is 0 Å². The Morgan fingerprint density at radius 1 is 1.00 bits per heavy atom. The number of aromatic nitrogens is 4. The summed E-state index contributed by atoms with van der Waals surface area (Å²) < 4.78 is 27.8. The summed E-state index contributed by atoms with van der Waals surface area (Å²) in [5, 5.41) is 15.6. The SMILES string of the molecule is O=C(CSc1nnc2ccc(-c3ccc(F)cc3)nn12)Nc1cccc(F)c1. The van der Waals surface area contributed by atoms with E-state index in [1.807, 2.05) is 0 Å². The van der Waals surface area contributed by atoms with Crippen molar-refractivity contribution < 1.29 is 13.6 Å². The third-order valence-corrected chi connectivity index (χ3v) is 4.73. The number of halogens is 2. The summed E-state index contributed by atoms with van der Waals surface area (Å²) in [6.07, 6.45) is 0. The van der Waals surface area contributed by atoms with Crippen molar-refractivity contribution in [1.82, 2.24) is 19.8 Å². The van der Waals surface area contributed by atoms with E-state index >= 15 is 0 Å². The molecule has 28 heavy (non-hydrogen) atoms. The lowest BCUT2D eigenvalue weighted by atomic mass is 10.1. The maximum atomic E-state index is 13.2. The zero-order valence-electron chi connectivity index (χ0n) is 14.3. The fraction of sp³-hybridized carbons (Fsp3) is 0.0526. The Morgan fingerprint density at radius 3 is 2.61 bits per heavy atom. The maximum absolute atomic E-state index is 13.2. The molecule has 1 N–H and O–H groups in total. The van der Waals surface area contributed by atoms with Crippen LogP contribution in [-0.4, -0.2) is 31.5 Å². The predicted octanol–water partition coefficient (Wildman–Crippen LogP) is 3.80. The van der Waals surface area contributed by atoms with Gasteiger partial charge in [0.15, 0.2) is 5.65 Å². The lowest BCUT2D eigenvalue weighted by Crippen LogP contribution is -2.14. The Hall–Kier alpha value is -3.33. The minimum Gasteiger partial charge on any atom is -0.325 e. The molecule has 4 aromatic rings. The zero-order valence-corrected chi connectivity index (χ0v) is 15.2. The van der Waals surface area contributed by atoms with Crippen molar-refractivity contribution in [2.24, 2.45) is 0 Å². The summed E-state index contributed by atoms with van der Waals surface area (Å²) in [5.74, 6) is -0.997. The van der Waals surface area contributed by atoms with Gasteiger partial charge in [0.1, 0.15) is 11.6 Å². The smallest absolute Gasteiger partial charge is 0.234 e. The first-order valence-corrected chi connectivity index (χ1v) is 9.24. The highest BCUT2D eigenvalue weighted by molar-refractivity contribution is 7.99. The Labute approximate surface area is 162 Å². The summed E-state index contributed by atoms with van der Waals surface area (Å²) in [4.78, 5) is 12.1. The number of carbonyl (C=O) groups excluding carboxylic acids is 1. The molecule has 2 heterocycles. The molecule has 0 saturated carbocycles. The van der Waals surface area contributed by atoms with Crippen LogP contribution in [0.1, 0.15) is 0 Å². The van der Waals surface area contributed by atoms with Gasteiger partial charge in [0.05, 0.1) is 11.4 Å². The van der Waals surface area contributed by atoms with Crippen molar-refractivity contribution in [3.05, 3.63) is 72.3 Å². The van der Waals surface area contributed by atoms with Crippen molar-refractivity contribution in [2.45, 2.75) is 5.16 Å². The summed E-state index contributed by atoms with van der Waals surface area (Å²) in [6, 6.07) is 15.2. The van der Waals surface area contributed by atoms with Crippen LogP contribution in [0, 0.1) is 11.6 Å². The van der Waals surface area contributed by atoms with Crippen LogP contribution in [0.3, 0.4) is 0 Å². The van der Waals surface area contributed by atoms with E-state index in [0.29, 0.717) is 22.2 Å². The highest BCUT2D eigenvalue weighted by atomic mass is 32.2. The molecule has 6 nitrogen and oxygen atoms in total. The first-order chi connectivity index (χ1) is 13.6. The lowest BCUT2D eigenvalue weighted by molar-refractivity contribution is -0.113. The Morgan fingerprint density at radius 2 is 1.82 bits per heavy atom. The van der Waals surface area contributed by atoms with E-state index in [0.717, 1.165) is 17.3 Å². The van der Waals surface area contributed by atoms with Gasteiger partial charge in [-0.3, -0.25) is 4.79 Å². The number of amides is 1. The number of hydrogen-bond donors (Lipinski definition) is 1. The number of nitrogens with zero attached hydrogens (tertiary/aromatic N) is 4. The average Bonchev–Trinajstić information content (AvgIpc) is 3.09. The zero-order chi connectivity index (χ0) is 19.5. The van der Waals surface area contributed by atoms with E-state index < -0.39 is 5.82 Å². The van der Waals surface area contributed by atoms with Gasteiger partial charge in [-0.15, -0.1) is 10.2 Å². The molecule has 0 aliphatic carbocycles. The summed E-state index contributed by atoms with van der Waals surface area (Å²) >= 11 is 1.16. The third kappa shape index (κ3) is 3.99. The molecule has 9 heteroatoms. The van der Waals surface area contributed by atoms with Gasteiger partial charge in [-0.05, 0) is 54.6 Å². The molecular weight excluding hydrogens is 384 g/mol. The van der Waals surface area contributed by atoms with Gasteiger partial charge in [-0.1, -0.05) is 17.8 Å². The van der Waals surface area contributed by atoms with E-state index in [-0.39, 0.29) is 17.5 Å². The summed E-state index contributed by atoms with van der Waals surface area (Å²) in [7, 11) is 0. The molecule has 2 aromatic heterocycles. The fourth-order valence-corrected chi connectivity index (χ4v) is 3.21. The second-order valence-electron chi connectivity index (χ2n) is 5.83. The quantitative estimate of drug-likeness (QED) is 0.519. The molecule has 0 unspecified atom stereocenters. The molecule has 2 aromatic carbocycles. The number of thioether (sulfide) groups is 1. The van der Waals surface area contributed by atoms with Crippen LogP contribution < -0.4 is 5.32 Å². The topological polar surface area (TPSA) is 72.2 Å². The standard InChI is InChI=1S/C19H13F2N5OS/c20-13-6-4-12(5-7-13)16-8-9-17-23-24-19(26(17)25-16)28-11-18(27)22-15-3-1-2-14(21)10-15/h1-10H,11H2,(H,22,27). The minimum atomic E-state index is -0.425. The Bertz CT molecular complexity index is 1150. The van der Waals surface area contributed by atoms with Gasteiger partial charge in [-0.2, -0.15) is 9.61 Å². The number of anilines is 1. The van der Waals surface area contributed by atoms with E-state index in [1.165, 1.54) is 34.8 Å². The van der Waals surface area contributed by atoms with Crippen LogP contribution in [0.15, 0.2) is 65.8 Å². The van der Waals surface area contributed by atoms with Crippen LogP contribution in [0.4, 0.5) is 14.5 Å². The van der Waals surface area contributed by atoms with E-state index in [2.05, 4.69) is 20.6 Å². The van der Waals surface area contributed by atoms with Crippen LogP contribution in [0.5, 0.6) is 0 Å². The van der Waals surface area contributed by atoms with Crippen molar-refractivity contribution in [1.29, 1.82) is 0 Å². The van der Waals surface area contributed by atoms with E-state index in [9.17, 15) is 13.6 Å². The molecule has 140 valence electrons. The van der Waals surface area contributed by atoms with Gasteiger partial charge in [0, 0.05) is 11.3 Å². The molecule has 0 aliphatic heterocycles. The molecule has 0 bridgehead atoms. The predicted molar refractivity (Wildman–Crippen MR) is 102 cm³/mol. The molecule has 0 saturated heterocycles.